The lowest BCUT2D eigenvalue weighted by Gasteiger charge is -2.04. The van der Waals surface area contributed by atoms with Crippen molar-refractivity contribution >= 4 is 17.5 Å². The van der Waals surface area contributed by atoms with Crippen molar-refractivity contribution < 1.29 is 18.8 Å². The van der Waals surface area contributed by atoms with E-state index in [9.17, 15) is 9.59 Å². The number of carbonyl (C=O) groups is 2. The third-order valence-corrected chi connectivity index (χ3v) is 2.42. The Balaban J connectivity index is 1.82. The fourth-order valence-electron chi connectivity index (χ4n) is 1.49. The van der Waals surface area contributed by atoms with E-state index in [0.29, 0.717) is 11.6 Å². The summed E-state index contributed by atoms with van der Waals surface area (Å²) in [6.45, 7) is 0.184. The van der Waals surface area contributed by atoms with Gasteiger partial charge in [-0.15, -0.1) is 0 Å². The number of aromatic nitrogens is 2. The number of nitrogens with zero attached hydrogens (tertiary/aromatic N) is 2. The van der Waals surface area contributed by atoms with E-state index in [1.165, 1.54) is 7.11 Å². The summed E-state index contributed by atoms with van der Waals surface area (Å²) in [6.07, 6.45) is 0. The zero-order chi connectivity index (χ0) is 15.1. The summed E-state index contributed by atoms with van der Waals surface area (Å²) >= 11 is 0. The topological polar surface area (TPSA) is 106 Å². The Labute approximate surface area is 120 Å². The maximum atomic E-state index is 11.6. The second kappa shape index (κ2) is 7.15. The van der Waals surface area contributed by atoms with Gasteiger partial charge in [0.25, 0.3) is 5.89 Å². The van der Waals surface area contributed by atoms with Crippen LogP contribution in [0.1, 0.15) is 11.7 Å². The van der Waals surface area contributed by atoms with Crippen LogP contribution >= 0.6 is 0 Å². The Morgan fingerprint density at radius 3 is 2.71 bits per heavy atom. The molecule has 1 heterocycles. The number of para-hydroxylation sites is 1. The monoisotopic (exact) mass is 290 g/mol. The molecule has 0 unspecified atom stereocenters. The molecular weight excluding hydrogens is 276 g/mol. The number of methoxy groups -OCH3 is 1. The van der Waals surface area contributed by atoms with Crippen LogP contribution < -0.4 is 10.6 Å². The van der Waals surface area contributed by atoms with Gasteiger partial charge in [-0.2, -0.15) is 4.98 Å². The van der Waals surface area contributed by atoms with Crippen LogP contribution in [-0.2, 0) is 27.5 Å². The summed E-state index contributed by atoms with van der Waals surface area (Å²) in [7, 11) is 1.50. The lowest BCUT2D eigenvalue weighted by Crippen LogP contribution is -2.35. The second-order valence-electron chi connectivity index (χ2n) is 4.04. The smallest absolute Gasteiger partial charge is 0.313 e. The van der Waals surface area contributed by atoms with Crippen LogP contribution in [-0.4, -0.2) is 29.1 Å². The summed E-state index contributed by atoms with van der Waals surface area (Å²) in [5.74, 6) is -0.975. The van der Waals surface area contributed by atoms with E-state index in [4.69, 9.17) is 9.26 Å². The molecule has 0 radical (unpaired) electrons. The van der Waals surface area contributed by atoms with Crippen LogP contribution in [0.5, 0.6) is 0 Å². The molecule has 110 valence electrons. The number of anilines is 1. The van der Waals surface area contributed by atoms with Gasteiger partial charge in [-0.25, -0.2) is 0 Å². The Hall–Kier alpha value is -2.74. The molecule has 0 atom stereocenters. The first-order valence-electron chi connectivity index (χ1n) is 6.13. The van der Waals surface area contributed by atoms with Crippen molar-refractivity contribution in [2.24, 2.45) is 0 Å². The minimum atomic E-state index is -0.781. The highest BCUT2D eigenvalue weighted by molar-refractivity contribution is 6.39. The summed E-state index contributed by atoms with van der Waals surface area (Å²) < 4.78 is 9.68. The van der Waals surface area contributed by atoms with E-state index < -0.39 is 11.8 Å². The zero-order valence-corrected chi connectivity index (χ0v) is 11.3. The molecule has 1 aromatic carbocycles. The number of amides is 2. The maximum absolute atomic E-state index is 11.6. The Morgan fingerprint density at radius 1 is 1.24 bits per heavy atom. The van der Waals surface area contributed by atoms with Crippen molar-refractivity contribution in [2.75, 3.05) is 12.4 Å². The molecule has 0 aliphatic carbocycles. The number of ether oxygens (including phenoxy) is 1. The lowest BCUT2D eigenvalue weighted by atomic mass is 10.3. The Bertz CT molecular complexity index is 612. The molecule has 8 heteroatoms. The molecule has 8 nitrogen and oxygen atoms in total. The van der Waals surface area contributed by atoms with Crippen molar-refractivity contribution in [3.8, 4) is 0 Å². The maximum Gasteiger partial charge on any atom is 0.313 e. The predicted molar refractivity (Wildman–Crippen MR) is 71.9 cm³/mol. The van der Waals surface area contributed by atoms with E-state index in [0.717, 1.165) is 0 Å². The molecule has 0 bridgehead atoms. The fourth-order valence-corrected chi connectivity index (χ4v) is 1.49. The van der Waals surface area contributed by atoms with Crippen LogP contribution in [0.15, 0.2) is 34.9 Å². The molecule has 0 spiro atoms. The van der Waals surface area contributed by atoms with Gasteiger partial charge in [0, 0.05) is 12.8 Å². The highest BCUT2D eigenvalue weighted by Crippen LogP contribution is 2.04. The summed E-state index contributed by atoms with van der Waals surface area (Å²) in [4.78, 5) is 27.2. The highest BCUT2D eigenvalue weighted by atomic mass is 16.5. The third kappa shape index (κ3) is 4.39. The van der Waals surface area contributed by atoms with Gasteiger partial charge in [0.15, 0.2) is 5.82 Å². The predicted octanol–water partition coefficient (Wildman–Crippen LogP) is 0.471. The summed E-state index contributed by atoms with van der Waals surface area (Å²) in [5, 5.41) is 8.50. The van der Waals surface area contributed by atoms with Crippen molar-refractivity contribution in [3.05, 3.63) is 42.0 Å². The number of hydrogen-bond donors (Lipinski definition) is 2. The number of rotatable bonds is 5. The van der Waals surface area contributed by atoms with Crippen LogP contribution in [0.2, 0.25) is 0 Å². The van der Waals surface area contributed by atoms with E-state index in [2.05, 4.69) is 20.8 Å². The van der Waals surface area contributed by atoms with E-state index in [-0.39, 0.29) is 19.0 Å². The van der Waals surface area contributed by atoms with E-state index in [1.807, 2.05) is 6.07 Å². The quantitative estimate of drug-likeness (QED) is 0.775. The van der Waals surface area contributed by atoms with E-state index in [1.54, 1.807) is 24.3 Å². The SMILES string of the molecule is COCc1nc(CNC(=O)C(=O)Nc2ccccc2)no1. The highest BCUT2D eigenvalue weighted by Gasteiger charge is 2.14. The molecule has 0 aliphatic rings. The third-order valence-electron chi connectivity index (χ3n) is 2.42. The lowest BCUT2D eigenvalue weighted by molar-refractivity contribution is -0.136. The largest absolute Gasteiger partial charge is 0.375 e. The minimum Gasteiger partial charge on any atom is -0.375 e. The molecule has 2 rings (SSSR count). The van der Waals surface area contributed by atoms with Gasteiger partial charge in [-0.1, -0.05) is 23.4 Å². The molecule has 0 saturated carbocycles. The van der Waals surface area contributed by atoms with Crippen LogP contribution in [0, 0.1) is 0 Å². The molecule has 2 amide bonds. The minimum absolute atomic E-state index is 0.00570. The first kappa shape index (κ1) is 14.7. The van der Waals surface area contributed by atoms with Crippen LogP contribution in [0.4, 0.5) is 5.69 Å². The number of benzene rings is 1. The van der Waals surface area contributed by atoms with Crippen molar-refractivity contribution in [2.45, 2.75) is 13.2 Å². The van der Waals surface area contributed by atoms with Crippen molar-refractivity contribution in [3.63, 3.8) is 0 Å². The molecule has 2 aromatic rings. The van der Waals surface area contributed by atoms with Gasteiger partial charge in [0.05, 0.1) is 6.54 Å². The second-order valence-corrected chi connectivity index (χ2v) is 4.04. The van der Waals surface area contributed by atoms with Crippen molar-refractivity contribution in [1.82, 2.24) is 15.5 Å². The first-order chi connectivity index (χ1) is 10.2. The van der Waals surface area contributed by atoms with Crippen LogP contribution in [0.25, 0.3) is 0 Å². The molecular formula is C13H14N4O4. The molecule has 0 fully saturated rings. The molecule has 1 aromatic heterocycles. The Kier molecular flexibility index (Phi) is 4.99. The molecule has 0 aliphatic heterocycles. The summed E-state index contributed by atoms with van der Waals surface area (Å²) in [5.41, 5.74) is 0.541. The molecule has 0 saturated heterocycles. The molecule has 21 heavy (non-hydrogen) atoms. The van der Waals surface area contributed by atoms with E-state index >= 15 is 0 Å². The molecule has 2 N–H and O–H groups in total. The van der Waals surface area contributed by atoms with Gasteiger partial charge in [-0.3, -0.25) is 9.59 Å². The average Bonchev–Trinajstić information content (AvgIpc) is 2.94. The van der Waals surface area contributed by atoms with Gasteiger partial charge in [0.1, 0.15) is 6.61 Å². The standard InChI is InChI=1S/C13H14N4O4/c1-20-8-11-16-10(17-21-11)7-14-12(18)13(19)15-9-5-3-2-4-6-9/h2-6H,7-8H2,1H3,(H,14,18)(H,15,19). The first-order valence-corrected chi connectivity index (χ1v) is 6.13. The number of hydrogen-bond acceptors (Lipinski definition) is 6. The van der Waals surface area contributed by atoms with Gasteiger partial charge < -0.3 is 19.9 Å². The van der Waals surface area contributed by atoms with Gasteiger partial charge in [-0.05, 0) is 12.1 Å². The number of carbonyl (C=O) groups excluding carboxylic acids is 2. The number of nitrogens with one attached hydrogen (secondary N) is 2. The summed E-state index contributed by atoms with van der Waals surface area (Å²) in [6, 6.07) is 8.68. The Morgan fingerprint density at radius 2 is 2.00 bits per heavy atom. The van der Waals surface area contributed by atoms with Crippen molar-refractivity contribution in [1.29, 1.82) is 0 Å². The fraction of sp³-hybridized carbons (Fsp3) is 0.231. The average molecular weight is 290 g/mol. The normalized spacial score (nSPS) is 10.1. The van der Waals surface area contributed by atoms with Gasteiger partial charge in [0.2, 0.25) is 0 Å². The van der Waals surface area contributed by atoms with Gasteiger partial charge >= 0.3 is 11.8 Å². The van der Waals surface area contributed by atoms with Crippen LogP contribution in [0.3, 0.4) is 0 Å². The zero-order valence-electron chi connectivity index (χ0n) is 11.3.